The van der Waals surface area contributed by atoms with Gasteiger partial charge in [0.25, 0.3) is 0 Å². The summed E-state index contributed by atoms with van der Waals surface area (Å²) in [7, 11) is 0. The fraction of sp³-hybridized carbons (Fsp3) is 0.250. The second-order valence-electron chi connectivity index (χ2n) is 3.29. The number of benzene rings is 1. The molecule has 17 heavy (non-hydrogen) atoms. The van der Waals surface area contributed by atoms with Gasteiger partial charge in [0.15, 0.2) is 0 Å². The average Bonchev–Trinajstić information content (AvgIpc) is 2.28. The van der Waals surface area contributed by atoms with Crippen LogP contribution in [0.5, 0.6) is 0 Å². The highest BCUT2D eigenvalue weighted by Crippen LogP contribution is 2.30. The third-order valence-electron chi connectivity index (χ3n) is 2.07. The van der Waals surface area contributed by atoms with Crippen molar-refractivity contribution >= 4 is 22.0 Å². The summed E-state index contributed by atoms with van der Waals surface area (Å²) in [5.74, 6) is 0. The first-order valence-electron chi connectivity index (χ1n) is 4.83. The number of alkyl halides is 4. The standard InChI is InChI=1S/C12H9BrF3N/c13-6-2-1-3-9-7-11(12(14,15)16)5-4-10(9)8-17/h1,3-5,7H,2,6H2. The van der Waals surface area contributed by atoms with E-state index in [1.165, 1.54) is 12.1 Å². The Morgan fingerprint density at radius 2 is 2.06 bits per heavy atom. The summed E-state index contributed by atoms with van der Waals surface area (Å²) in [5, 5.41) is 9.52. The van der Waals surface area contributed by atoms with Crippen LogP contribution in [-0.4, -0.2) is 5.33 Å². The van der Waals surface area contributed by atoms with E-state index in [1.807, 2.05) is 6.07 Å². The van der Waals surface area contributed by atoms with Gasteiger partial charge in [-0.2, -0.15) is 18.4 Å². The molecule has 0 bridgehead atoms. The molecule has 1 rings (SSSR count). The minimum Gasteiger partial charge on any atom is -0.192 e. The summed E-state index contributed by atoms with van der Waals surface area (Å²) < 4.78 is 37.4. The molecule has 0 aliphatic rings. The van der Waals surface area contributed by atoms with Gasteiger partial charge in [0.2, 0.25) is 0 Å². The quantitative estimate of drug-likeness (QED) is 0.760. The molecule has 5 heteroatoms. The summed E-state index contributed by atoms with van der Waals surface area (Å²) in [6.07, 6.45) is -0.423. The van der Waals surface area contributed by atoms with E-state index >= 15 is 0 Å². The maximum Gasteiger partial charge on any atom is 0.416 e. The zero-order valence-electron chi connectivity index (χ0n) is 8.76. The molecule has 90 valence electrons. The molecule has 0 fully saturated rings. The van der Waals surface area contributed by atoms with Crippen LogP contribution >= 0.6 is 15.9 Å². The van der Waals surface area contributed by atoms with Gasteiger partial charge in [-0.05, 0) is 30.2 Å². The maximum absolute atomic E-state index is 12.5. The number of hydrogen-bond donors (Lipinski definition) is 0. The highest BCUT2D eigenvalue weighted by Gasteiger charge is 2.30. The second-order valence-corrected chi connectivity index (χ2v) is 4.08. The third kappa shape index (κ3) is 3.90. The van der Waals surface area contributed by atoms with Crippen molar-refractivity contribution in [3.63, 3.8) is 0 Å². The van der Waals surface area contributed by atoms with E-state index in [-0.39, 0.29) is 5.56 Å². The molecule has 0 N–H and O–H groups in total. The van der Waals surface area contributed by atoms with E-state index in [0.717, 1.165) is 17.5 Å². The van der Waals surface area contributed by atoms with Crippen LogP contribution in [0.25, 0.3) is 6.08 Å². The van der Waals surface area contributed by atoms with Crippen molar-refractivity contribution in [1.29, 1.82) is 5.26 Å². The number of nitriles is 1. The molecule has 1 aromatic carbocycles. The smallest absolute Gasteiger partial charge is 0.192 e. The largest absolute Gasteiger partial charge is 0.416 e. The van der Waals surface area contributed by atoms with Crippen LogP contribution < -0.4 is 0 Å². The van der Waals surface area contributed by atoms with Crippen LogP contribution in [0.4, 0.5) is 13.2 Å². The molecule has 0 radical (unpaired) electrons. The summed E-state index contributed by atoms with van der Waals surface area (Å²) in [6.45, 7) is 0. The zero-order chi connectivity index (χ0) is 12.9. The fourth-order valence-corrected chi connectivity index (χ4v) is 1.52. The van der Waals surface area contributed by atoms with Crippen LogP contribution in [0.3, 0.4) is 0 Å². The molecular weight excluding hydrogens is 295 g/mol. The highest BCUT2D eigenvalue weighted by molar-refractivity contribution is 9.09. The molecule has 0 saturated carbocycles. The van der Waals surface area contributed by atoms with E-state index in [9.17, 15) is 13.2 Å². The molecule has 0 aliphatic heterocycles. The van der Waals surface area contributed by atoms with Crippen LogP contribution in [0.15, 0.2) is 24.3 Å². The Hall–Kier alpha value is -1.28. The van der Waals surface area contributed by atoms with E-state index in [1.54, 1.807) is 6.08 Å². The highest BCUT2D eigenvalue weighted by atomic mass is 79.9. The first kappa shape index (κ1) is 13.8. The van der Waals surface area contributed by atoms with Gasteiger partial charge in [-0.3, -0.25) is 0 Å². The van der Waals surface area contributed by atoms with E-state index in [0.29, 0.717) is 12.0 Å². The van der Waals surface area contributed by atoms with E-state index in [4.69, 9.17) is 5.26 Å². The van der Waals surface area contributed by atoms with Gasteiger partial charge < -0.3 is 0 Å². The van der Waals surface area contributed by atoms with Crippen molar-refractivity contribution in [2.75, 3.05) is 5.33 Å². The van der Waals surface area contributed by atoms with Crippen molar-refractivity contribution < 1.29 is 13.2 Å². The Bertz CT molecular complexity index is 458. The molecular formula is C12H9BrF3N. The number of rotatable bonds is 3. The normalized spacial score (nSPS) is 11.7. The molecule has 0 spiro atoms. The molecule has 0 unspecified atom stereocenters. The van der Waals surface area contributed by atoms with Gasteiger partial charge in [-0.15, -0.1) is 0 Å². The Balaban J connectivity index is 3.12. The fourth-order valence-electron chi connectivity index (χ4n) is 1.25. The minimum absolute atomic E-state index is 0.240. The monoisotopic (exact) mass is 303 g/mol. The lowest BCUT2D eigenvalue weighted by atomic mass is 10.0. The third-order valence-corrected chi connectivity index (χ3v) is 2.53. The van der Waals surface area contributed by atoms with Crippen LogP contribution in [0.1, 0.15) is 23.1 Å². The van der Waals surface area contributed by atoms with Crippen molar-refractivity contribution in [3.8, 4) is 6.07 Å². The van der Waals surface area contributed by atoms with E-state index in [2.05, 4.69) is 15.9 Å². The topological polar surface area (TPSA) is 23.8 Å². The Morgan fingerprint density at radius 1 is 1.35 bits per heavy atom. The summed E-state index contributed by atoms with van der Waals surface area (Å²) in [4.78, 5) is 0. The van der Waals surface area contributed by atoms with Gasteiger partial charge in [0.05, 0.1) is 17.2 Å². The van der Waals surface area contributed by atoms with Crippen LogP contribution in [-0.2, 0) is 6.18 Å². The summed E-state index contributed by atoms with van der Waals surface area (Å²) >= 11 is 3.21. The summed E-state index contributed by atoms with van der Waals surface area (Å²) in [5.41, 5.74) is -0.206. The second kappa shape index (κ2) is 5.87. The first-order chi connectivity index (χ1) is 7.99. The molecule has 0 atom stereocenters. The zero-order valence-corrected chi connectivity index (χ0v) is 10.3. The molecule has 0 amide bonds. The van der Waals surface area contributed by atoms with Crippen molar-refractivity contribution in [2.45, 2.75) is 12.6 Å². The Morgan fingerprint density at radius 3 is 2.59 bits per heavy atom. The average molecular weight is 304 g/mol. The first-order valence-corrected chi connectivity index (χ1v) is 5.95. The molecule has 1 aromatic rings. The van der Waals surface area contributed by atoms with Gasteiger partial charge in [-0.25, -0.2) is 0 Å². The number of allylic oxidation sites excluding steroid dienone is 1. The van der Waals surface area contributed by atoms with Gasteiger partial charge in [-0.1, -0.05) is 28.1 Å². The van der Waals surface area contributed by atoms with Gasteiger partial charge in [0, 0.05) is 5.33 Å². The number of nitrogens with zero attached hydrogens (tertiary/aromatic N) is 1. The predicted molar refractivity (Wildman–Crippen MR) is 63.6 cm³/mol. The lowest BCUT2D eigenvalue weighted by Gasteiger charge is -2.08. The predicted octanol–water partition coefficient (Wildman–Crippen LogP) is 4.38. The van der Waals surface area contributed by atoms with Gasteiger partial charge in [0.1, 0.15) is 0 Å². The van der Waals surface area contributed by atoms with Crippen molar-refractivity contribution in [1.82, 2.24) is 0 Å². The van der Waals surface area contributed by atoms with Crippen LogP contribution in [0.2, 0.25) is 0 Å². The number of hydrogen-bond acceptors (Lipinski definition) is 1. The lowest BCUT2D eigenvalue weighted by molar-refractivity contribution is -0.137. The molecule has 0 aromatic heterocycles. The lowest BCUT2D eigenvalue weighted by Crippen LogP contribution is -2.05. The van der Waals surface area contributed by atoms with Crippen molar-refractivity contribution in [2.24, 2.45) is 0 Å². The van der Waals surface area contributed by atoms with Crippen molar-refractivity contribution in [3.05, 3.63) is 41.0 Å². The molecule has 0 saturated heterocycles. The minimum atomic E-state index is -4.38. The number of halogens is 4. The SMILES string of the molecule is N#Cc1ccc(C(F)(F)F)cc1C=CCCBr. The van der Waals surface area contributed by atoms with Gasteiger partial charge >= 0.3 is 6.18 Å². The van der Waals surface area contributed by atoms with E-state index < -0.39 is 11.7 Å². The van der Waals surface area contributed by atoms with Crippen LogP contribution in [0, 0.1) is 11.3 Å². The Labute approximate surface area is 106 Å². The summed E-state index contributed by atoms with van der Waals surface area (Å²) in [6, 6.07) is 4.97. The molecule has 1 nitrogen and oxygen atoms in total. The molecule has 0 aliphatic carbocycles. The maximum atomic E-state index is 12.5. The Kier molecular flexibility index (Phi) is 4.76. The molecule has 0 heterocycles.